The lowest BCUT2D eigenvalue weighted by molar-refractivity contribution is -0.394. The zero-order valence-electron chi connectivity index (χ0n) is 21.7. The van der Waals surface area contributed by atoms with Crippen LogP contribution in [0.25, 0.3) is 0 Å². The fourth-order valence-electron chi connectivity index (χ4n) is 11.0. The van der Waals surface area contributed by atoms with E-state index in [0.717, 1.165) is 36.0 Å². The van der Waals surface area contributed by atoms with Crippen LogP contribution in [0.5, 0.6) is 0 Å². The molecule has 0 aromatic rings. The Kier molecular flexibility index (Phi) is 4.82. The van der Waals surface area contributed by atoms with Crippen molar-refractivity contribution in [2.45, 2.75) is 118 Å². The molecule has 1 heteroatoms. The summed E-state index contributed by atoms with van der Waals surface area (Å²) in [6.45, 7) is 22.3. The van der Waals surface area contributed by atoms with Crippen molar-refractivity contribution in [2.24, 2.45) is 57.2 Å². The second kappa shape index (κ2) is 6.64. The van der Waals surface area contributed by atoms with Gasteiger partial charge in [0, 0.05) is 16.2 Å². The van der Waals surface area contributed by atoms with Gasteiger partial charge in [-0.1, -0.05) is 79.9 Å². The minimum absolute atomic E-state index is 0.0532. The molecule has 31 heavy (non-hydrogen) atoms. The summed E-state index contributed by atoms with van der Waals surface area (Å²) < 4.78 is 0. The topological polar surface area (TPSA) is 20.2 Å². The molecule has 5 rings (SSSR count). The number of fused-ring (bicyclic) bond motifs is 1. The summed E-state index contributed by atoms with van der Waals surface area (Å²) in [4.78, 5) is 0. The molecule has 176 valence electrons. The average molecular weight is 427 g/mol. The van der Waals surface area contributed by atoms with Crippen LogP contribution in [0, 0.1) is 57.2 Å². The van der Waals surface area contributed by atoms with Gasteiger partial charge < -0.3 is 5.11 Å². The fraction of sp³-hybridized carbons (Fsp3) is 0.933. The number of hydrogen-bond acceptors (Lipinski definition) is 1. The summed E-state index contributed by atoms with van der Waals surface area (Å²) in [5, 5.41) is 12.3. The summed E-state index contributed by atoms with van der Waals surface area (Å²) in [5.74, 6) is 4.65. The van der Waals surface area contributed by atoms with Gasteiger partial charge in [-0.15, -0.1) is 0 Å². The Morgan fingerprint density at radius 3 is 2.52 bits per heavy atom. The minimum Gasteiger partial charge on any atom is -0.389 e. The molecule has 5 saturated carbocycles. The number of rotatable bonds is 5. The van der Waals surface area contributed by atoms with E-state index in [4.69, 9.17) is 6.58 Å². The minimum atomic E-state index is -0.458. The van der Waals surface area contributed by atoms with Crippen molar-refractivity contribution in [3.8, 4) is 0 Å². The van der Waals surface area contributed by atoms with Gasteiger partial charge in [-0.25, -0.2) is 0 Å². The van der Waals surface area contributed by atoms with E-state index in [1.807, 2.05) is 0 Å². The Hall–Kier alpha value is -0.300. The largest absolute Gasteiger partial charge is 0.389 e. The van der Waals surface area contributed by atoms with Crippen LogP contribution in [-0.4, -0.2) is 10.7 Å². The zero-order chi connectivity index (χ0) is 22.6. The van der Waals surface area contributed by atoms with Crippen molar-refractivity contribution >= 4 is 0 Å². The molecule has 4 bridgehead atoms. The summed E-state index contributed by atoms with van der Waals surface area (Å²) in [5.41, 5.74) is 1.85. The van der Waals surface area contributed by atoms with E-state index in [-0.39, 0.29) is 16.2 Å². The summed E-state index contributed by atoms with van der Waals surface area (Å²) in [6.07, 6.45) is 12.8. The third-order valence-electron chi connectivity index (χ3n) is 13.5. The van der Waals surface area contributed by atoms with Crippen molar-refractivity contribution in [2.75, 3.05) is 0 Å². The van der Waals surface area contributed by atoms with Crippen molar-refractivity contribution in [1.82, 2.24) is 0 Å². The highest BCUT2D eigenvalue weighted by Crippen LogP contribution is 2.89. The second-order valence-electron chi connectivity index (χ2n) is 14.2. The molecule has 10 atom stereocenters. The highest BCUT2D eigenvalue weighted by Gasteiger charge is 2.88. The van der Waals surface area contributed by atoms with Crippen LogP contribution in [0.4, 0.5) is 0 Å². The first-order valence-corrected chi connectivity index (χ1v) is 13.8. The van der Waals surface area contributed by atoms with Crippen LogP contribution in [0.3, 0.4) is 0 Å². The van der Waals surface area contributed by atoms with E-state index in [1.54, 1.807) is 0 Å². The molecule has 0 aliphatic heterocycles. The van der Waals surface area contributed by atoms with Crippen molar-refractivity contribution in [1.29, 1.82) is 0 Å². The lowest BCUT2D eigenvalue weighted by Crippen LogP contribution is -2.84. The molecule has 5 aliphatic rings. The molecule has 0 amide bonds. The summed E-state index contributed by atoms with van der Waals surface area (Å²) in [6, 6.07) is 0. The van der Waals surface area contributed by atoms with Crippen molar-refractivity contribution in [3.63, 3.8) is 0 Å². The summed E-state index contributed by atoms with van der Waals surface area (Å²) in [7, 11) is 0. The molecular weight excluding hydrogens is 376 g/mol. The maximum atomic E-state index is 12.3. The maximum Gasteiger partial charge on any atom is 0.0774 e. The maximum absolute atomic E-state index is 12.3. The first-order valence-electron chi connectivity index (χ1n) is 13.8. The lowest BCUT2D eigenvalue weighted by Gasteiger charge is -2.84. The predicted octanol–water partition coefficient (Wildman–Crippen LogP) is 8.02. The first-order chi connectivity index (χ1) is 14.4. The monoisotopic (exact) mass is 426 g/mol. The van der Waals surface area contributed by atoms with E-state index in [9.17, 15) is 5.11 Å². The average Bonchev–Trinajstić information content (AvgIpc) is 2.92. The number of hydrogen-bond donors (Lipinski definition) is 1. The van der Waals surface area contributed by atoms with Crippen LogP contribution in [0.1, 0.15) is 113 Å². The van der Waals surface area contributed by atoms with Gasteiger partial charge in [-0.05, 0) is 85.9 Å². The summed E-state index contributed by atoms with van der Waals surface area (Å²) >= 11 is 0. The molecule has 1 nitrogen and oxygen atoms in total. The van der Waals surface area contributed by atoms with Crippen LogP contribution in [0.15, 0.2) is 12.2 Å². The molecule has 0 saturated heterocycles. The molecule has 0 radical (unpaired) electrons. The van der Waals surface area contributed by atoms with Crippen LogP contribution < -0.4 is 0 Å². The van der Waals surface area contributed by atoms with E-state index in [1.165, 1.54) is 63.4 Å². The van der Waals surface area contributed by atoms with E-state index in [2.05, 4.69) is 48.5 Å². The fourth-order valence-corrected chi connectivity index (χ4v) is 11.0. The van der Waals surface area contributed by atoms with Gasteiger partial charge >= 0.3 is 0 Å². The van der Waals surface area contributed by atoms with E-state index in [0.29, 0.717) is 11.3 Å². The van der Waals surface area contributed by atoms with E-state index < -0.39 is 5.60 Å². The third kappa shape index (κ3) is 2.29. The lowest BCUT2D eigenvalue weighted by atomic mass is 9.21. The molecule has 5 aliphatic carbocycles. The van der Waals surface area contributed by atoms with Gasteiger partial charge in [-0.3, -0.25) is 0 Å². The Balaban J connectivity index is 1.55. The Labute approximate surface area is 192 Å². The van der Waals surface area contributed by atoms with Gasteiger partial charge in [0.25, 0.3) is 0 Å². The van der Waals surface area contributed by atoms with Crippen LogP contribution in [0.2, 0.25) is 0 Å². The smallest absolute Gasteiger partial charge is 0.0774 e. The van der Waals surface area contributed by atoms with Crippen LogP contribution >= 0.6 is 0 Å². The molecule has 10 unspecified atom stereocenters. The first kappa shape index (κ1) is 22.5. The second-order valence-corrected chi connectivity index (χ2v) is 14.2. The van der Waals surface area contributed by atoms with Crippen molar-refractivity contribution < 1.29 is 5.11 Å². The Bertz CT molecular complexity index is 768. The SMILES string of the molecule is C=C1CCC(CCCC(C)C(C)C)C2(C)C(C)CC3C2C12CC1(O)C3(C)CCCC21C. The number of aliphatic hydroxyl groups is 1. The molecule has 0 aromatic heterocycles. The molecule has 1 spiro atoms. The molecular formula is C30H50O. The normalized spacial score (nSPS) is 56.1. The highest BCUT2D eigenvalue weighted by atomic mass is 16.3. The third-order valence-corrected chi connectivity index (χ3v) is 13.5. The van der Waals surface area contributed by atoms with Gasteiger partial charge in [0.2, 0.25) is 0 Å². The number of allylic oxidation sites excluding steroid dienone is 1. The zero-order valence-corrected chi connectivity index (χ0v) is 21.7. The molecule has 5 fully saturated rings. The van der Waals surface area contributed by atoms with Crippen LogP contribution in [-0.2, 0) is 0 Å². The predicted molar refractivity (Wildman–Crippen MR) is 131 cm³/mol. The standard InChI is InChI=1S/C30H50O/c1-19(2)20(3)11-9-12-23-14-13-21(4)29-18-30(31)26(6,15-10-16-27(29,30)7)24-17-22(5)28(23,8)25(24)29/h19-20,22-25,31H,4,9-18H2,1-3,5-8H3. The molecule has 0 aromatic carbocycles. The Morgan fingerprint density at radius 1 is 1.13 bits per heavy atom. The van der Waals surface area contributed by atoms with Gasteiger partial charge in [-0.2, -0.15) is 0 Å². The Morgan fingerprint density at radius 2 is 1.84 bits per heavy atom. The van der Waals surface area contributed by atoms with Gasteiger partial charge in [0.05, 0.1) is 5.60 Å². The van der Waals surface area contributed by atoms with Gasteiger partial charge in [0.1, 0.15) is 0 Å². The van der Waals surface area contributed by atoms with Crippen molar-refractivity contribution in [3.05, 3.63) is 12.2 Å². The molecule has 1 N–H and O–H groups in total. The van der Waals surface area contributed by atoms with Gasteiger partial charge in [0.15, 0.2) is 0 Å². The van der Waals surface area contributed by atoms with E-state index >= 15 is 0 Å². The highest BCUT2D eigenvalue weighted by molar-refractivity contribution is 5.43. The quantitative estimate of drug-likeness (QED) is 0.441. The molecule has 0 heterocycles.